The molecule has 0 aromatic carbocycles. The molecular weight excluding hydrogens is 260 g/mol. The largest absolute Gasteiger partial charge is 0.481 e. The summed E-state index contributed by atoms with van der Waals surface area (Å²) in [6.45, 7) is 5.25. The molecule has 2 amide bonds. The van der Waals surface area contributed by atoms with Gasteiger partial charge in [-0.2, -0.15) is 0 Å². The van der Waals surface area contributed by atoms with Gasteiger partial charge >= 0.3 is 5.97 Å². The van der Waals surface area contributed by atoms with Crippen molar-refractivity contribution in [1.29, 1.82) is 0 Å². The highest BCUT2D eigenvalue weighted by atomic mass is 16.4. The van der Waals surface area contributed by atoms with Gasteiger partial charge in [-0.1, -0.05) is 12.2 Å². The summed E-state index contributed by atoms with van der Waals surface area (Å²) in [6.07, 6.45) is 4.32. The fourth-order valence-electron chi connectivity index (χ4n) is 2.17. The summed E-state index contributed by atoms with van der Waals surface area (Å²) in [5.41, 5.74) is 0. The van der Waals surface area contributed by atoms with Gasteiger partial charge in [0.25, 0.3) is 0 Å². The summed E-state index contributed by atoms with van der Waals surface area (Å²) in [7, 11) is 0. The maximum absolute atomic E-state index is 12.1. The normalized spacial score (nSPS) is 23.2. The Labute approximate surface area is 118 Å². The van der Waals surface area contributed by atoms with Crippen molar-refractivity contribution < 1.29 is 19.5 Å². The lowest BCUT2D eigenvalue weighted by Crippen LogP contribution is -2.49. The van der Waals surface area contributed by atoms with Gasteiger partial charge in [-0.25, -0.2) is 0 Å². The van der Waals surface area contributed by atoms with Crippen molar-refractivity contribution in [3.8, 4) is 0 Å². The third-order valence-corrected chi connectivity index (χ3v) is 3.27. The zero-order chi connectivity index (χ0) is 15.3. The van der Waals surface area contributed by atoms with Crippen LogP contribution in [0, 0.1) is 11.8 Å². The Morgan fingerprint density at radius 1 is 1.05 bits per heavy atom. The first kappa shape index (κ1) is 16.2. The average Bonchev–Trinajstić information content (AvgIpc) is 2.37. The Balaban J connectivity index is 2.63. The van der Waals surface area contributed by atoms with Crippen LogP contribution in [-0.4, -0.2) is 35.0 Å². The Bertz CT molecular complexity index is 417. The number of carboxylic acids is 1. The molecule has 6 nitrogen and oxygen atoms in total. The van der Waals surface area contributed by atoms with E-state index in [-0.39, 0.29) is 17.9 Å². The lowest BCUT2D eigenvalue weighted by Gasteiger charge is -2.26. The van der Waals surface area contributed by atoms with Crippen LogP contribution in [0.1, 0.15) is 33.6 Å². The molecular formula is C14H22N2O4. The average molecular weight is 282 g/mol. The van der Waals surface area contributed by atoms with Gasteiger partial charge in [0, 0.05) is 6.04 Å². The number of amides is 2. The summed E-state index contributed by atoms with van der Waals surface area (Å²) in [4.78, 5) is 35.0. The number of rotatable bonds is 5. The second-order valence-electron chi connectivity index (χ2n) is 5.39. The van der Waals surface area contributed by atoms with Gasteiger partial charge in [0.2, 0.25) is 11.8 Å². The van der Waals surface area contributed by atoms with Crippen LogP contribution >= 0.6 is 0 Å². The molecule has 0 aliphatic heterocycles. The quantitative estimate of drug-likeness (QED) is 0.646. The van der Waals surface area contributed by atoms with Crippen LogP contribution in [0.4, 0.5) is 0 Å². The van der Waals surface area contributed by atoms with Crippen LogP contribution in [0.2, 0.25) is 0 Å². The molecule has 6 heteroatoms. The number of carboxylic acid groups (broad SMARTS) is 1. The third kappa shape index (κ3) is 4.36. The third-order valence-electron chi connectivity index (χ3n) is 3.27. The highest BCUT2D eigenvalue weighted by molar-refractivity contribution is 5.90. The fourth-order valence-corrected chi connectivity index (χ4v) is 2.17. The number of hydrogen-bond acceptors (Lipinski definition) is 3. The van der Waals surface area contributed by atoms with Crippen molar-refractivity contribution in [1.82, 2.24) is 10.6 Å². The van der Waals surface area contributed by atoms with E-state index in [1.165, 1.54) is 0 Å². The molecule has 1 aliphatic carbocycles. The number of carbonyl (C=O) groups excluding carboxylic acids is 2. The van der Waals surface area contributed by atoms with E-state index in [1.807, 2.05) is 19.9 Å². The van der Waals surface area contributed by atoms with Crippen molar-refractivity contribution in [2.45, 2.75) is 45.7 Å². The molecule has 0 saturated carbocycles. The molecule has 3 atom stereocenters. The van der Waals surface area contributed by atoms with E-state index in [9.17, 15) is 14.4 Å². The van der Waals surface area contributed by atoms with E-state index in [4.69, 9.17) is 5.11 Å². The maximum atomic E-state index is 12.1. The Morgan fingerprint density at radius 3 is 2.10 bits per heavy atom. The molecule has 20 heavy (non-hydrogen) atoms. The molecule has 1 rings (SSSR count). The first-order valence-corrected chi connectivity index (χ1v) is 6.81. The summed E-state index contributed by atoms with van der Waals surface area (Å²) in [5, 5.41) is 14.4. The van der Waals surface area contributed by atoms with Gasteiger partial charge < -0.3 is 15.7 Å². The minimum atomic E-state index is -0.978. The second-order valence-corrected chi connectivity index (χ2v) is 5.39. The first-order chi connectivity index (χ1) is 9.32. The van der Waals surface area contributed by atoms with Gasteiger partial charge in [0.1, 0.15) is 6.04 Å². The van der Waals surface area contributed by atoms with E-state index in [0.717, 1.165) is 0 Å². The van der Waals surface area contributed by atoms with Gasteiger partial charge in [-0.15, -0.1) is 0 Å². The molecule has 3 unspecified atom stereocenters. The maximum Gasteiger partial charge on any atom is 0.307 e. The van der Waals surface area contributed by atoms with Crippen molar-refractivity contribution in [2.75, 3.05) is 0 Å². The Morgan fingerprint density at radius 2 is 1.60 bits per heavy atom. The molecule has 0 saturated heterocycles. The van der Waals surface area contributed by atoms with E-state index < -0.39 is 23.8 Å². The van der Waals surface area contributed by atoms with E-state index in [2.05, 4.69) is 10.6 Å². The molecule has 0 spiro atoms. The topological polar surface area (TPSA) is 95.5 Å². The number of hydrogen-bond donors (Lipinski definition) is 3. The van der Waals surface area contributed by atoms with Crippen LogP contribution in [0.3, 0.4) is 0 Å². The summed E-state index contributed by atoms with van der Waals surface area (Å²) >= 11 is 0. The number of aliphatic carboxylic acids is 1. The summed E-state index contributed by atoms with van der Waals surface area (Å²) in [5.74, 6) is -2.97. The van der Waals surface area contributed by atoms with Gasteiger partial charge in [-0.3, -0.25) is 14.4 Å². The van der Waals surface area contributed by atoms with Crippen LogP contribution < -0.4 is 10.6 Å². The zero-order valence-corrected chi connectivity index (χ0v) is 12.1. The molecule has 0 aromatic rings. The second kappa shape index (κ2) is 7.07. The minimum absolute atomic E-state index is 0.00812. The zero-order valence-electron chi connectivity index (χ0n) is 12.1. The summed E-state index contributed by atoms with van der Waals surface area (Å²) < 4.78 is 0. The van der Waals surface area contributed by atoms with Gasteiger partial charge in [-0.05, 0) is 33.6 Å². The van der Waals surface area contributed by atoms with Crippen molar-refractivity contribution in [3.63, 3.8) is 0 Å². The van der Waals surface area contributed by atoms with Crippen molar-refractivity contribution >= 4 is 17.8 Å². The minimum Gasteiger partial charge on any atom is -0.481 e. The van der Waals surface area contributed by atoms with Gasteiger partial charge in [0.05, 0.1) is 11.8 Å². The lowest BCUT2D eigenvalue weighted by atomic mass is 9.82. The molecule has 0 radical (unpaired) electrons. The number of allylic oxidation sites excluding steroid dienone is 2. The Kier molecular flexibility index (Phi) is 5.73. The number of nitrogens with one attached hydrogen (secondary N) is 2. The fraction of sp³-hybridized carbons (Fsp3) is 0.643. The molecule has 3 N–H and O–H groups in total. The lowest BCUT2D eigenvalue weighted by molar-refractivity contribution is -0.147. The molecule has 0 heterocycles. The van der Waals surface area contributed by atoms with E-state index >= 15 is 0 Å². The van der Waals surface area contributed by atoms with E-state index in [0.29, 0.717) is 12.8 Å². The SMILES string of the molecule is CC(C)NC(=O)C(C)NC(=O)C1CC=CCC1C(=O)O. The van der Waals surface area contributed by atoms with E-state index in [1.54, 1.807) is 13.0 Å². The van der Waals surface area contributed by atoms with Crippen LogP contribution in [0.5, 0.6) is 0 Å². The molecule has 112 valence electrons. The predicted molar refractivity (Wildman–Crippen MR) is 73.9 cm³/mol. The molecule has 0 fully saturated rings. The standard InChI is InChI=1S/C14H22N2O4/c1-8(2)15-12(17)9(3)16-13(18)10-6-4-5-7-11(10)14(19)20/h4-5,8-11H,6-7H2,1-3H3,(H,15,17)(H,16,18)(H,19,20). The van der Waals surface area contributed by atoms with Crippen molar-refractivity contribution in [3.05, 3.63) is 12.2 Å². The van der Waals surface area contributed by atoms with Crippen LogP contribution in [0.15, 0.2) is 12.2 Å². The smallest absolute Gasteiger partial charge is 0.307 e. The highest BCUT2D eigenvalue weighted by Gasteiger charge is 2.34. The molecule has 0 aromatic heterocycles. The summed E-state index contributed by atoms with van der Waals surface area (Å²) in [6, 6.07) is -0.684. The van der Waals surface area contributed by atoms with Crippen LogP contribution in [-0.2, 0) is 14.4 Å². The van der Waals surface area contributed by atoms with Crippen LogP contribution in [0.25, 0.3) is 0 Å². The highest BCUT2D eigenvalue weighted by Crippen LogP contribution is 2.26. The molecule has 1 aliphatic rings. The monoisotopic (exact) mass is 282 g/mol. The first-order valence-electron chi connectivity index (χ1n) is 6.81. The van der Waals surface area contributed by atoms with Gasteiger partial charge in [0.15, 0.2) is 0 Å². The molecule has 0 bridgehead atoms. The van der Waals surface area contributed by atoms with Crippen molar-refractivity contribution in [2.24, 2.45) is 11.8 Å². The predicted octanol–water partition coefficient (Wildman–Crippen LogP) is 0.683. The Hall–Kier alpha value is -1.85. The number of carbonyl (C=O) groups is 3.